The van der Waals surface area contributed by atoms with Crippen LogP contribution >= 0.6 is 11.3 Å². The Bertz CT molecular complexity index is 809. The predicted molar refractivity (Wildman–Crippen MR) is 86.4 cm³/mol. The van der Waals surface area contributed by atoms with Gasteiger partial charge in [0.1, 0.15) is 5.75 Å². The highest BCUT2D eigenvalue weighted by molar-refractivity contribution is 7.23. The molecule has 3 rings (SSSR count). The Balaban J connectivity index is 1.69. The highest BCUT2D eigenvalue weighted by Gasteiger charge is 2.30. The minimum absolute atomic E-state index is 0.223. The number of rotatable bonds is 4. The summed E-state index contributed by atoms with van der Waals surface area (Å²) < 4.78 is 41.4. The van der Waals surface area contributed by atoms with Crippen molar-refractivity contribution in [2.45, 2.75) is 19.8 Å². The van der Waals surface area contributed by atoms with Gasteiger partial charge in [0.2, 0.25) is 0 Å². The lowest BCUT2D eigenvalue weighted by atomic mass is 10.2. The molecule has 120 valence electrons. The maximum absolute atomic E-state index is 12.1. The molecular weight excluding hydrogens is 323 g/mol. The molecule has 23 heavy (non-hydrogen) atoms. The summed E-state index contributed by atoms with van der Waals surface area (Å²) in [5.74, 6) is -0.223. The first kappa shape index (κ1) is 15.7. The van der Waals surface area contributed by atoms with E-state index in [2.05, 4.69) is 22.2 Å². The van der Waals surface area contributed by atoms with Crippen LogP contribution in [0.5, 0.6) is 5.75 Å². The molecule has 0 saturated carbocycles. The third kappa shape index (κ3) is 3.76. The number of alkyl halides is 3. The molecule has 2 aromatic carbocycles. The van der Waals surface area contributed by atoms with Crippen LogP contribution in [0.4, 0.5) is 18.2 Å². The molecule has 0 aliphatic rings. The molecule has 0 aliphatic heterocycles. The fourth-order valence-corrected chi connectivity index (χ4v) is 3.35. The summed E-state index contributed by atoms with van der Waals surface area (Å²) in [6.45, 7) is 2.44. The zero-order chi connectivity index (χ0) is 16.4. The zero-order valence-corrected chi connectivity index (χ0v) is 13.0. The number of hydrogen-bond acceptors (Lipinski definition) is 2. The Morgan fingerprint density at radius 1 is 1.04 bits per heavy atom. The van der Waals surface area contributed by atoms with Crippen molar-refractivity contribution in [1.82, 2.24) is 0 Å². The van der Waals surface area contributed by atoms with Crippen molar-refractivity contribution in [2.24, 2.45) is 0 Å². The van der Waals surface area contributed by atoms with E-state index in [-0.39, 0.29) is 5.75 Å². The van der Waals surface area contributed by atoms with Crippen molar-refractivity contribution < 1.29 is 17.9 Å². The predicted octanol–water partition coefficient (Wildman–Crippen LogP) is 6.31. The third-order valence-electron chi connectivity index (χ3n) is 3.38. The van der Waals surface area contributed by atoms with Crippen LogP contribution in [0.25, 0.3) is 15.4 Å². The first-order valence-electron chi connectivity index (χ1n) is 6.93. The molecule has 0 N–H and O–H groups in total. The van der Waals surface area contributed by atoms with Gasteiger partial charge in [0.25, 0.3) is 0 Å². The maximum Gasteiger partial charge on any atom is 0.573 e. The number of thiophene rings is 1. The second kappa shape index (κ2) is 6.12. The average molecular weight is 336 g/mol. The number of ether oxygens (including phenoxy) is 1. The molecule has 0 aliphatic carbocycles. The molecule has 3 aromatic rings. The molecule has 0 spiro atoms. The van der Waals surface area contributed by atoms with Crippen molar-refractivity contribution in [3.05, 3.63) is 65.0 Å². The SMILES string of the molecule is Cc1c([N-]Cc2ccc(OC(F)(F)F)cc2)sc2ccccc12. The van der Waals surface area contributed by atoms with Crippen molar-refractivity contribution in [2.75, 3.05) is 0 Å². The van der Waals surface area contributed by atoms with Crippen LogP contribution in [-0.2, 0) is 6.54 Å². The summed E-state index contributed by atoms with van der Waals surface area (Å²) in [5.41, 5.74) is 1.96. The summed E-state index contributed by atoms with van der Waals surface area (Å²) in [7, 11) is 0. The molecule has 1 heterocycles. The van der Waals surface area contributed by atoms with E-state index in [0.29, 0.717) is 6.54 Å². The van der Waals surface area contributed by atoms with Crippen molar-refractivity contribution in [3.8, 4) is 5.75 Å². The Kier molecular flexibility index (Phi) is 4.17. The summed E-state index contributed by atoms with van der Waals surface area (Å²) in [4.78, 5) is 0. The number of benzene rings is 2. The van der Waals surface area contributed by atoms with Gasteiger partial charge >= 0.3 is 6.36 Å². The molecule has 0 unspecified atom stereocenters. The Hall–Kier alpha value is -2.21. The van der Waals surface area contributed by atoms with E-state index in [1.54, 1.807) is 23.5 Å². The Labute approximate surface area is 135 Å². The van der Waals surface area contributed by atoms with Crippen LogP contribution in [-0.4, -0.2) is 6.36 Å². The highest BCUT2D eigenvalue weighted by Crippen LogP contribution is 2.40. The Morgan fingerprint density at radius 3 is 2.39 bits per heavy atom. The van der Waals surface area contributed by atoms with Crippen LogP contribution in [0.2, 0.25) is 0 Å². The monoisotopic (exact) mass is 336 g/mol. The van der Waals surface area contributed by atoms with E-state index in [1.165, 1.54) is 22.2 Å². The van der Waals surface area contributed by atoms with Crippen molar-refractivity contribution >= 4 is 26.4 Å². The van der Waals surface area contributed by atoms with E-state index in [1.807, 2.05) is 19.1 Å². The van der Waals surface area contributed by atoms with Gasteiger partial charge in [0, 0.05) is 4.70 Å². The summed E-state index contributed by atoms with van der Waals surface area (Å²) >= 11 is 1.61. The largest absolute Gasteiger partial charge is 0.672 e. The molecule has 0 atom stereocenters. The second-order valence-electron chi connectivity index (χ2n) is 5.04. The van der Waals surface area contributed by atoms with Gasteiger partial charge in [-0.15, -0.1) is 19.7 Å². The van der Waals surface area contributed by atoms with Gasteiger partial charge in [0.15, 0.2) is 0 Å². The maximum atomic E-state index is 12.1. The number of nitrogens with zero attached hydrogens (tertiary/aromatic N) is 1. The topological polar surface area (TPSA) is 23.3 Å². The second-order valence-corrected chi connectivity index (χ2v) is 6.07. The Morgan fingerprint density at radius 2 is 1.74 bits per heavy atom. The molecule has 6 heteroatoms. The van der Waals surface area contributed by atoms with Gasteiger partial charge in [-0.25, -0.2) is 0 Å². The number of fused-ring (bicyclic) bond motifs is 1. The first-order chi connectivity index (χ1) is 10.9. The molecule has 1 aromatic heterocycles. The minimum atomic E-state index is -4.67. The van der Waals surface area contributed by atoms with Gasteiger partial charge in [-0.2, -0.15) is 11.3 Å². The first-order valence-corrected chi connectivity index (χ1v) is 7.74. The van der Waals surface area contributed by atoms with Gasteiger partial charge in [-0.3, -0.25) is 0 Å². The summed E-state index contributed by atoms with van der Waals surface area (Å²) in [6.07, 6.45) is -4.67. The standard InChI is InChI=1S/C17H13F3NOS/c1-11-14-4-2-3-5-15(14)23-16(11)21-10-12-6-8-13(9-7-12)22-17(18,19)20/h2-9H,10H2,1H3/q-1. The quantitative estimate of drug-likeness (QED) is 0.547. The van der Waals surface area contributed by atoms with Gasteiger partial charge in [0.05, 0.1) is 0 Å². The van der Waals surface area contributed by atoms with Crippen LogP contribution in [0, 0.1) is 6.92 Å². The molecule has 2 nitrogen and oxygen atoms in total. The lowest BCUT2D eigenvalue weighted by Gasteiger charge is -2.20. The van der Waals surface area contributed by atoms with Crippen LogP contribution in [0.15, 0.2) is 48.5 Å². The lowest BCUT2D eigenvalue weighted by molar-refractivity contribution is -0.274. The zero-order valence-electron chi connectivity index (χ0n) is 12.2. The van der Waals surface area contributed by atoms with E-state index in [4.69, 9.17) is 0 Å². The number of hydrogen-bond donors (Lipinski definition) is 0. The molecule has 0 fully saturated rings. The summed E-state index contributed by atoms with van der Waals surface area (Å²) in [6, 6.07) is 13.9. The van der Waals surface area contributed by atoms with Gasteiger partial charge < -0.3 is 10.1 Å². The third-order valence-corrected chi connectivity index (χ3v) is 4.59. The summed E-state index contributed by atoms with van der Waals surface area (Å²) in [5, 5.41) is 6.70. The van der Waals surface area contributed by atoms with Crippen molar-refractivity contribution in [1.29, 1.82) is 0 Å². The van der Waals surface area contributed by atoms with E-state index >= 15 is 0 Å². The number of aryl methyl sites for hydroxylation is 1. The fourth-order valence-electron chi connectivity index (χ4n) is 2.27. The minimum Gasteiger partial charge on any atom is -0.672 e. The smallest absolute Gasteiger partial charge is 0.573 e. The molecule has 0 amide bonds. The van der Waals surface area contributed by atoms with Gasteiger partial charge in [-0.1, -0.05) is 40.9 Å². The average Bonchev–Trinajstić information content (AvgIpc) is 2.82. The van der Waals surface area contributed by atoms with Crippen LogP contribution in [0.1, 0.15) is 11.1 Å². The lowest BCUT2D eigenvalue weighted by Crippen LogP contribution is -2.16. The molecule has 0 saturated heterocycles. The molecule has 0 radical (unpaired) electrons. The fraction of sp³-hybridized carbons (Fsp3) is 0.176. The highest BCUT2D eigenvalue weighted by atomic mass is 32.1. The molecular formula is C17H13F3NOS-. The molecule has 0 bridgehead atoms. The van der Waals surface area contributed by atoms with Crippen LogP contribution in [0.3, 0.4) is 0 Å². The van der Waals surface area contributed by atoms with Crippen molar-refractivity contribution in [3.63, 3.8) is 0 Å². The number of halogens is 3. The van der Waals surface area contributed by atoms with E-state index in [0.717, 1.165) is 16.1 Å². The van der Waals surface area contributed by atoms with Gasteiger partial charge in [-0.05, 0) is 36.1 Å². The van der Waals surface area contributed by atoms with E-state index in [9.17, 15) is 13.2 Å². The normalized spacial score (nSPS) is 11.7. The van der Waals surface area contributed by atoms with E-state index < -0.39 is 6.36 Å². The van der Waals surface area contributed by atoms with Crippen LogP contribution < -0.4 is 4.74 Å².